The first-order valence-corrected chi connectivity index (χ1v) is 7.27. The highest BCUT2D eigenvalue weighted by Crippen LogP contribution is 2.14. The molecule has 0 atom stereocenters. The molecular formula is C16H22N4O2. The number of hydrogen-bond acceptors (Lipinski definition) is 5. The number of carbonyl (C=O) groups excluding carboxylic acids is 1. The van der Waals surface area contributed by atoms with Crippen LogP contribution < -0.4 is 10.6 Å². The molecule has 0 spiro atoms. The molecule has 0 fully saturated rings. The van der Waals surface area contributed by atoms with Crippen molar-refractivity contribution >= 4 is 11.6 Å². The third kappa shape index (κ3) is 5.85. The molecule has 0 unspecified atom stereocenters. The molecule has 118 valence electrons. The molecule has 1 aromatic rings. The third-order valence-electron chi connectivity index (χ3n) is 3.20. The lowest BCUT2D eigenvalue weighted by Crippen LogP contribution is -2.30. The van der Waals surface area contributed by atoms with Crippen LogP contribution in [0.4, 0.5) is 5.69 Å². The molecule has 0 bridgehead atoms. The molecular weight excluding hydrogens is 280 g/mol. The van der Waals surface area contributed by atoms with E-state index in [0.29, 0.717) is 12.2 Å². The molecule has 3 N–H and O–H groups in total. The number of rotatable bonds is 8. The van der Waals surface area contributed by atoms with Gasteiger partial charge in [0.2, 0.25) is 0 Å². The number of phenols is 1. The second kappa shape index (κ2) is 9.42. The largest absolute Gasteiger partial charge is 0.508 e. The Hall–Kier alpha value is -2.52. The van der Waals surface area contributed by atoms with Crippen LogP contribution in [0, 0.1) is 11.3 Å². The summed E-state index contributed by atoms with van der Waals surface area (Å²) in [6, 6.07) is 7.94. The summed E-state index contributed by atoms with van der Waals surface area (Å²) in [7, 11) is 0. The first-order valence-electron chi connectivity index (χ1n) is 7.27. The maximum atomic E-state index is 12.0. The fourth-order valence-electron chi connectivity index (χ4n) is 1.83. The number of amides is 1. The predicted molar refractivity (Wildman–Crippen MR) is 86.2 cm³/mol. The van der Waals surface area contributed by atoms with Crippen molar-refractivity contribution in [3.63, 3.8) is 0 Å². The van der Waals surface area contributed by atoms with Crippen molar-refractivity contribution in [2.45, 2.75) is 13.8 Å². The van der Waals surface area contributed by atoms with E-state index in [4.69, 9.17) is 5.26 Å². The number of phenolic OH excluding ortho intramolecular Hbond substituents is 1. The Labute approximate surface area is 131 Å². The minimum Gasteiger partial charge on any atom is -0.508 e. The zero-order chi connectivity index (χ0) is 16.4. The Morgan fingerprint density at radius 1 is 1.32 bits per heavy atom. The molecule has 0 saturated heterocycles. The summed E-state index contributed by atoms with van der Waals surface area (Å²) in [5.41, 5.74) is 0.528. The van der Waals surface area contributed by atoms with Crippen LogP contribution in [0.2, 0.25) is 0 Å². The maximum Gasteiger partial charge on any atom is 0.267 e. The molecule has 1 aromatic carbocycles. The van der Waals surface area contributed by atoms with E-state index >= 15 is 0 Å². The number of nitrogens with zero attached hydrogens (tertiary/aromatic N) is 2. The number of carbonyl (C=O) groups is 1. The number of benzene rings is 1. The van der Waals surface area contributed by atoms with Gasteiger partial charge in [-0.1, -0.05) is 13.8 Å². The minimum absolute atomic E-state index is 0.00706. The van der Waals surface area contributed by atoms with E-state index in [0.717, 1.165) is 19.6 Å². The van der Waals surface area contributed by atoms with E-state index in [9.17, 15) is 9.90 Å². The van der Waals surface area contributed by atoms with Crippen molar-refractivity contribution < 1.29 is 9.90 Å². The molecule has 6 heteroatoms. The van der Waals surface area contributed by atoms with Crippen molar-refractivity contribution in [2.75, 3.05) is 31.5 Å². The van der Waals surface area contributed by atoms with Crippen LogP contribution in [-0.2, 0) is 4.79 Å². The molecule has 0 aliphatic carbocycles. The fourth-order valence-corrected chi connectivity index (χ4v) is 1.83. The Kier molecular flexibility index (Phi) is 7.51. The summed E-state index contributed by atoms with van der Waals surface area (Å²) in [6.45, 7) is 7.63. The zero-order valence-electron chi connectivity index (χ0n) is 13.0. The first kappa shape index (κ1) is 17.5. The van der Waals surface area contributed by atoms with Gasteiger partial charge in [0.25, 0.3) is 5.91 Å². The van der Waals surface area contributed by atoms with Crippen LogP contribution in [-0.4, -0.2) is 42.1 Å². The summed E-state index contributed by atoms with van der Waals surface area (Å²) in [6.07, 6.45) is 1.43. The molecule has 0 aliphatic rings. The highest BCUT2D eigenvalue weighted by atomic mass is 16.3. The van der Waals surface area contributed by atoms with Crippen LogP contribution in [0.3, 0.4) is 0 Å². The normalized spacial score (nSPS) is 11.1. The summed E-state index contributed by atoms with van der Waals surface area (Å²) >= 11 is 0. The Balaban J connectivity index is 2.52. The number of nitrogens with one attached hydrogen (secondary N) is 2. The highest BCUT2D eigenvalue weighted by Gasteiger charge is 2.09. The SMILES string of the molecule is CCN(CC)CCN/C=C(/C#N)C(=O)Nc1ccc(O)cc1. The van der Waals surface area contributed by atoms with Gasteiger partial charge in [-0.05, 0) is 37.4 Å². The quantitative estimate of drug-likeness (QED) is 0.294. The molecule has 1 amide bonds. The molecule has 0 saturated carbocycles. The number of aromatic hydroxyl groups is 1. The van der Waals surface area contributed by atoms with Gasteiger partial charge < -0.3 is 20.6 Å². The van der Waals surface area contributed by atoms with E-state index in [-0.39, 0.29) is 11.3 Å². The van der Waals surface area contributed by atoms with Gasteiger partial charge in [-0.15, -0.1) is 0 Å². The van der Waals surface area contributed by atoms with Crippen molar-refractivity contribution in [1.82, 2.24) is 10.2 Å². The molecule has 0 heterocycles. The van der Waals surface area contributed by atoms with Gasteiger partial charge in [0, 0.05) is 25.0 Å². The Bertz CT molecular complexity index is 542. The summed E-state index contributed by atoms with van der Waals surface area (Å²) in [5.74, 6) is -0.365. The summed E-state index contributed by atoms with van der Waals surface area (Å²) in [4.78, 5) is 14.2. The number of likely N-dealkylation sites (N-methyl/N-ethyl adjacent to an activating group) is 1. The summed E-state index contributed by atoms with van der Waals surface area (Å²) in [5, 5.41) is 23.8. The lowest BCUT2D eigenvalue weighted by atomic mass is 10.2. The first-order chi connectivity index (χ1) is 10.6. The van der Waals surface area contributed by atoms with Gasteiger partial charge in [0.05, 0.1) is 0 Å². The van der Waals surface area contributed by atoms with Crippen molar-refractivity contribution in [1.29, 1.82) is 5.26 Å². The van der Waals surface area contributed by atoms with Crippen LogP contribution in [0.1, 0.15) is 13.8 Å². The Morgan fingerprint density at radius 3 is 2.50 bits per heavy atom. The fraction of sp³-hybridized carbons (Fsp3) is 0.375. The molecule has 0 aromatic heterocycles. The van der Waals surface area contributed by atoms with Crippen LogP contribution in [0.15, 0.2) is 36.0 Å². The van der Waals surface area contributed by atoms with E-state index in [2.05, 4.69) is 29.4 Å². The van der Waals surface area contributed by atoms with Gasteiger partial charge in [-0.3, -0.25) is 4.79 Å². The summed E-state index contributed by atoms with van der Waals surface area (Å²) < 4.78 is 0. The van der Waals surface area contributed by atoms with Crippen molar-refractivity contribution in [3.8, 4) is 11.8 Å². The van der Waals surface area contributed by atoms with Gasteiger partial charge in [-0.25, -0.2) is 0 Å². The number of hydrogen-bond donors (Lipinski definition) is 3. The zero-order valence-corrected chi connectivity index (χ0v) is 13.0. The molecule has 22 heavy (non-hydrogen) atoms. The van der Waals surface area contributed by atoms with Gasteiger partial charge in [0.15, 0.2) is 0 Å². The smallest absolute Gasteiger partial charge is 0.267 e. The topological polar surface area (TPSA) is 88.4 Å². The van der Waals surface area contributed by atoms with Crippen LogP contribution in [0.5, 0.6) is 5.75 Å². The minimum atomic E-state index is -0.483. The van der Waals surface area contributed by atoms with Gasteiger partial charge in [-0.2, -0.15) is 5.26 Å². The lowest BCUT2D eigenvalue weighted by Gasteiger charge is -2.17. The maximum absolute atomic E-state index is 12.0. The second-order valence-corrected chi connectivity index (χ2v) is 4.65. The Morgan fingerprint density at radius 2 is 1.95 bits per heavy atom. The molecule has 6 nitrogen and oxygen atoms in total. The molecule has 1 rings (SSSR count). The van der Waals surface area contributed by atoms with Gasteiger partial charge >= 0.3 is 0 Å². The van der Waals surface area contributed by atoms with Gasteiger partial charge in [0.1, 0.15) is 17.4 Å². The molecule has 0 aliphatic heterocycles. The van der Waals surface area contributed by atoms with E-state index < -0.39 is 5.91 Å². The van der Waals surface area contributed by atoms with E-state index in [1.807, 2.05) is 6.07 Å². The van der Waals surface area contributed by atoms with Crippen molar-refractivity contribution in [2.24, 2.45) is 0 Å². The number of anilines is 1. The lowest BCUT2D eigenvalue weighted by molar-refractivity contribution is -0.112. The average Bonchev–Trinajstić information content (AvgIpc) is 2.53. The third-order valence-corrected chi connectivity index (χ3v) is 3.20. The van der Waals surface area contributed by atoms with Crippen molar-refractivity contribution in [3.05, 3.63) is 36.0 Å². The predicted octanol–water partition coefficient (Wildman–Crippen LogP) is 1.67. The highest BCUT2D eigenvalue weighted by molar-refractivity contribution is 6.06. The van der Waals surface area contributed by atoms with Crippen LogP contribution >= 0.6 is 0 Å². The second-order valence-electron chi connectivity index (χ2n) is 4.65. The molecule has 0 radical (unpaired) electrons. The van der Waals surface area contributed by atoms with E-state index in [1.54, 1.807) is 12.1 Å². The monoisotopic (exact) mass is 302 g/mol. The average molecular weight is 302 g/mol. The van der Waals surface area contributed by atoms with Crippen LogP contribution in [0.25, 0.3) is 0 Å². The number of nitriles is 1. The van der Waals surface area contributed by atoms with E-state index in [1.165, 1.54) is 18.3 Å². The standard InChI is InChI=1S/C16H22N4O2/c1-3-20(4-2)10-9-18-12-13(11-17)16(22)19-14-5-7-15(21)8-6-14/h5-8,12,18,21H,3-4,9-10H2,1-2H3,(H,19,22)/b13-12-.